The first-order valence-corrected chi connectivity index (χ1v) is 11.2. The highest BCUT2D eigenvalue weighted by Crippen LogP contribution is 2.15. The van der Waals surface area contributed by atoms with Gasteiger partial charge in [0.25, 0.3) is 0 Å². The highest BCUT2D eigenvalue weighted by Gasteiger charge is 2.18. The first-order chi connectivity index (χ1) is 17.6. The second-order valence-corrected chi connectivity index (χ2v) is 7.62. The molecule has 0 aliphatic heterocycles. The molecule has 0 heterocycles. The van der Waals surface area contributed by atoms with E-state index in [4.69, 9.17) is 16.2 Å². The predicted octanol–water partition coefficient (Wildman–Crippen LogP) is 5.04. The summed E-state index contributed by atoms with van der Waals surface area (Å²) in [6, 6.07) is 37.2. The summed E-state index contributed by atoms with van der Waals surface area (Å²) < 4.78 is 0. The van der Waals surface area contributed by atoms with Crippen molar-refractivity contribution in [3.8, 4) is 0 Å². The molecule has 0 radical (unpaired) electrons. The summed E-state index contributed by atoms with van der Waals surface area (Å²) in [6.07, 6.45) is 0. The van der Waals surface area contributed by atoms with Crippen LogP contribution < -0.4 is 31.5 Å². The highest BCUT2D eigenvalue weighted by atomic mass is 15.7. The van der Waals surface area contributed by atoms with Gasteiger partial charge in [0, 0.05) is 11.4 Å². The summed E-state index contributed by atoms with van der Waals surface area (Å²) in [6.45, 7) is 0. The molecular weight excluding hydrogens is 450 g/mol. The van der Waals surface area contributed by atoms with Gasteiger partial charge in [-0.25, -0.2) is 10.0 Å². The smallest absolute Gasteiger partial charge is 0.227 e. The third kappa shape index (κ3) is 6.39. The van der Waals surface area contributed by atoms with E-state index in [0.717, 1.165) is 11.4 Å². The molecule has 9 heteroatoms. The van der Waals surface area contributed by atoms with E-state index in [9.17, 15) is 0 Å². The molecule has 0 aromatic heterocycles. The van der Waals surface area contributed by atoms with Gasteiger partial charge in [-0.15, -0.1) is 0 Å². The van der Waals surface area contributed by atoms with Crippen LogP contribution in [0.2, 0.25) is 0 Å². The average molecular weight is 478 g/mol. The molecule has 0 saturated heterocycles. The number of hydrogen-bond donors (Lipinski definition) is 7. The van der Waals surface area contributed by atoms with E-state index in [1.807, 2.05) is 121 Å². The largest absolute Gasteiger partial charge is 0.325 e. The molecule has 4 aromatic rings. The Kier molecular flexibility index (Phi) is 7.75. The lowest BCUT2D eigenvalue weighted by molar-refractivity contribution is 0.838. The van der Waals surface area contributed by atoms with Crippen LogP contribution in [-0.2, 0) is 0 Å². The molecule has 0 aliphatic carbocycles. The van der Waals surface area contributed by atoms with E-state index < -0.39 is 0 Å². The Hall–Kier alpha value is -5.31. The van der Waals surface area contributed by atoms with Crippen molar-refractivity contribution >= 4 is 40.6 Å². The van der Waals surface area contributed by atoms with Gasteiger partial charge in [0.15, 0.2) is 0 Å². The maximum Gasteiger partial charge on any atom is 0.227 e. The SMILES string of the molecule is N=C(NN(C(=N)Nc1ccccc1)c1ccccc1)NN(C(=N)Nc1ccccc1)c1ccccc1. The van der Waals surface area contributed by atoms with Crippen molar-refractivity contribution < 1.29 is 0 Å². The first kappa shape index (κ1) is 23.8. The summed E-state index contributed by atoms with van der Waals surface area (Å²) >= 11 is 0. The summed E-state index contributed by atoms with van der Waals surface area (Å²) in [7, 11) is 0. The number of nitrogens with zero attached hydrogens (tertiary/aromatic N) is 2. The number of nitrogens with one attached hydrogen (secondary N) is 7. The monoisotopic (exact) mass is 477 g/mol. The Balaban J connectivity index is 1.53. The van der Waals surface area contributed by atoms with Crippen molar-refractivity contribution in [1.82, 2.24) is 10.9 Å². The lowest BCUT2D eigenvalue weighted by Crippen LogP contribution is -2.58. The maximum absolute atomic E-state index is 8.65. The number of benzene rings is 4. The fourth-order valence-corrected chi connectivity index (χ4v) is 3.33. The van der Waals surface area contributed by atoms with Crippen molar-refractivity contribution in [1.29, 1.82) is 16.2 Å². The summed E-state index contributed by atoms with van der Waals surface area (Å²) in [5.41, 5.74) is 8.64. The van der Waals surface area contributed by atoms with E-state index in [2.05, 4.69) is 21.5 Å². The summed E-state index contributed by atoms with van der Waals surface area (Å²) in [5.74, 6) is -0.118. The molecular formula is C27H27N9. The average Bonchev–Trinajstić information content (AvgIpc) is 2.92. The van der Waals surface area contributed by atoms with Crippen LogP contribution in [0.25, 0.3) is 0 Å². The zero-order valence-corrected chi connectivity index (χ0v) is 19.4. The number of rotatable bonds is 4. The molecule has 4 aromatic carbocycles. The van der Waals surface area contributed by atoms with Crippen molar-refractivity contribution in [2.75, 3.05) is 20.7 Å². The fraction of sp³-hybridized carbons (Fsp3) is 0. The van der Waals surface area contributed by atoms with Crippen molar-refractivity contribution in [3.05, 3.63) is 121 Å². The van der Waals surface area contributed by atoms with Gasteiger partial charge in [-0.05, 0) is 48.5 Å². The van der Waals surface area contributed by atoms with E-state index >= 15 is 0 Å². The number of hydrogen-bond acceptors (Lipinski definition) is 3. The van der Waals surface area contributed by atoms with Gasteiger partial charge in [0.1, 0.15) is 0 Å². The fourth-order valence-electron chi connectivity index (χ4n) is 3.33. The standard InChI is InChI=1S/C27H27N9/c28-25(33-35(23-17-9-3-10-18-23)26(29)31-21-13-5-1-6-14-21)34-36(24-19-11-4-12-20-24)27(30)32-22-15-7-2-8-16-22/h1-20H,(H2,29,31)(H2,30,32)(H3,28,33,34). The van der Waals surface area contributed by atoms with Crippen molar-refractivity contribution in [3.63, 3.8) is 0 Å². The number of hydrazine groups is 2. The van der Waals surface area contributed by atoms with Crippen LogP contribution in [0.15, 0.2) is 121 Å². The van der Waals surface area contributed by atoms with Gasteiger partial charge >= 0.3 is 0 Å². The van der Waals surface area contributed by atoms with Crippen LogP contribution in [0.1, 0.15) is 0 Å². The van der Waals surface area contributed by atoms with Crippen molar-refractivity contribution in [2.45, 2.75) is 0 Å². The third-order valence-corrected chi connectivity index (χ3v) is 5.00. The van der Waals surface area contributed by atoms with Crippen LogP contribution >= 0.6 is 0 Å². The van der Waals surface area contributed by atoms with Gasteiger partial charge < -0.3 is 10.6 Å². The lowest BCUT2D eigenvalue weighted by Gasteiger charge is -2.31. The normalized spacial score (nSPS) is 10.0. The van der Waals surface area contributed by atoms with Gasteiger partial charge in [0.2, 0.25) is 17.9 Å². The van der Waals surface area contributed by atoms with Crippen LogP contribution in [0, 0.1) is 16.2 Å². The number of anilines is 4. The molecule has 4 rings (SSSR count). The zero-order valence-electron chi connectivity index (χ0n) is 19.4. The quantitative estimate of drug-likeness (QED) is 0.125. The van der Waals surface area contributed by atoms with E-state index in [0.29, 0.717) is 11.4 Å². The Labute approximate surface area is 209 Å². The molecule has 0 unspecified atom stereocenters. The molecule has 9 nitrogen and oxygen atoms in total. The molecule has 7 N–H and O–H groups in total. The summed E-state index contributed by atoms with van der Waals surface area (Å²) in [5, 5.41) is 34.9. The minimum absolute atomic E-state index is 0.0164. The molecule has 0 aliphatic rings. The van der Waals surface area contributed by atoms with E-state index in [1.54, 1.807) is 0 Å². The molecule has 0 bridgehead atoms. The second kappa shape index (κ2) is 11.7. The molecule has 0 saturated carbocycles. The van der Waals surface area contributed by atoms with Crippen LogP contribution in [0.3, 0.4) is 0 Å². The lowest BCUT2D eigenvalue weighted by atomic mass is 10.3. The Morgan fingerprint density at radius 2 is 0.750 bits per heavy atom. The van der Waals surface area contributed by atoms with Crippen LogP contribution in [0.5, 0.6) is 0 Å². The van der Waals surface area contributed by atoms with Crippen LogP contribution in [0.4, 0.5) is 22.7 Å². The number of guanidine groups is 3. The topological polar surface area (TPSA) is 126 Å². The molecule has 0 fully saturated rings. The van der Waals surface area contributed by atoms with Gasteiger partial charge in [-0.2, -0.15) is 0 Å². The highest BCUT2D eigenvalue weighted by molar-refractivity contribution is 6.07. The molecule has 0 atom stereocenters. The van der Waals surface area contributed by atoms with Gasteiger partial charge in [-0.3, -0.25) is 27.1 Å². The molecule has 180 valence electrons. The van der Waals surface area contributed by atoms with Crippen molar-refractivity contribution in [2.24, 2.45) is 0 Å². The van der Waals surface area contributed by atoms with E-state index in [1.165, 1.54) is 10.0 Å². The minimum Gasteiger partial charge on any atom is -0.325 e. The maximum atomic E-state index is 8.65. The molecule has 0 amide bonds. The Bertz CT molecular complexity index is 1180. The van der Waals surface area contributed by atoms with Gasteiger partial charge in [-0.1, -0.05) is 72.8 Å². The second-order valence-electron chi connectivity index (χ2n) is 7.62. The van der Waals surface area contributed by atoms with E-state index in [-0.39, 0.29) is 17.9 Å². The Morgan fingerprint density at radius 3 is 1.08 bits per heavy atom. The van der Waals surface area contributed by atoms with Crippen LogP contribution in [-0.4, -0.2) is 17.9 Å². The third-order valence-electron chi connectivity index (χ3n) is 5.00. The predicted molar refractivity (Wildman–Crippen MR) is 147 cm³/mol. The van der Waals surface area contributed by atoms with Gasteiger partial charge in [0.05, 0.1) is 11.4 Å². The minimum atomic E-state index is -0.151. The molecule has 36 heavy (non-hydrogen) atoms. The summed E-state index contributed by atoms with van der Waals surface area (Å²) in [4.78, 5) is 0. The molecule has 0 spiro atoms. The zero-order chi connectivity index (χ0) is 25.2. The Morgan fingerprint density at radius 1 is 0.444 bits per heavy atom. The number of para-hydroxylation sites is 4. The first-order valence-electron chi connectivity index (χ1n) is 11.2.